The van der Waals surface area contributed by atoms with Gasteiger partial charge in [-0.15, -0.1) is 0 Å². The van der Waals surface area contributed by atoms with E-state index in [4.69, 9.17) is 5.11 Å². The summed E-state index contributed by atoms with van der Waals surface area (Å²) in [6, 6.07) is 4.86. The summed E-state index contributed by atoms with van der Waals surface area (Å²) < 4.78 is 0. The lowest BCUT2D eigenvalue weighted by molar-refractivity contribution is 0.243. The quantitative estimate of drug-likeness (QED) is 0.812. The third kappa shape index (κ3) is 4.11. The predicted molar refractivity (Wildman–Crippen MR) is 77.8 cm³/mol. The maximum atomic E-state index is 9.09. The molecule has 0 saturated heterocycles. The van der Waals surface area contributed by atoms with Gasteiger partial charge in [-0.3, -0.25) is 0 Å². The smallest absolute Gasteiger partial charge is 0.0445 e. The first kappa shape index (κ1) is 15.2. The van der Waals surface area contributed by atoms with Crippen molar-refractivity contribution in [3.8, 4) is 0 Å². The molecule has 0 saturated carbocycles. The highest BCUT2D eigenvalue weighted by Crippen LogP contribution is 2.17. The molecule has 1 atom stereocenters. The van der Waals surface area contributed by atoms with Crippen LogP contribution in [0.1, 0.15) is 42.5 Å². The van der Waals surface area contributed by atoms with E-state index in [2.05, 4.69) is 52.1 Å². The van der Waals surface area contributed by atoms with Gasteiger partial charge in [-0.2, -0.15) is 0 Å². The summed E-state index contributed by atoms with van der Waals surface area (Å²) in [5.41, 5.74) is 5.42. The van der Waals surface area contributed by atoms with Crippen molar-refractivity contribution in [2.75, 3.05) is 6.61 Å². The van der Waals surface area contributed by atoms with Crippen molar-refractivity contribution in [2.45, 2.75) is 53.6 Å². The average Bonchev–Trinajstić information content (AvgIpc) is 2.25. The van der Waals surface area contributed by atoms with E-state index in [0.717, 1.165) is 13.0 Å². The molecule has 0 aliphatic carbocycles. The highest BCUT2D eigenvalue weighted by Gasteiger charge is 2.13. The Morgan fingerprint density at radius 2 is 1.67 bits per heavy atom. The number of aliphatic hydroxyl groups is 1. The molecule has 0 radical (unpaired) electrons. The number of nitrogens with one attached hydrogen (secondary N) is 1. The van der Waals surface area contributed by atoms with Crippen molar-refractivity contribution >= 4 is 0 Å². The molecule has 0 fully saturated rings. The van der Waals surface area contributed by atoms with Gasteiger partial charge in [0.1, 0.15) is 0 Å². The first-order chi connectivity index (χ1) is 8.45. The first-order valence-corrected chi connectivity index (χ1v) is 6.86. The molecule has 0 heterocycles. The summed E-state index contributed by atoms with van der Waals surface area (Å²) in [6.45, 7) is 12.0. The van der Waals surface area contributed by atoms with Gasteiger partial charge in [0, 0.05) is 19.2 Å². The van der Waals surface area contributed by atoms with E-state index in [-0.39, 0.29) is 6.61 Å². The largest absolute Gasteiger partial charge is 0.396 e. The second-order valence-corrected chi connectivity index (χ2v) is 5.62. The number of benzene rings is 1. The molecule has 2 nitrogen and oxygen atoms in total. The normalized spacial score (nSPS) is 13.1. The van der Waals surface area contributed by atoms with Crippen LogP contribution in [0.5, 0.6) is 0 Å². The SMILES string of the molecule is Cc1cc(C)c(CNC(CCO)C(C)C)c(C)c1. The summed E-state index contributed by atoms with van der Waals surface area (Å²) >= 11 is 0. The van der Waals surface area contributed by atoms with Crippen LogP contribution in [0.15, 0.2) is 12.1 Å². The van der Waals surface area contributed by atoms with Crippen LogP contribution in [0.2, 0.25) is 0 Å². The summed E-state index contributed by atoms with van der Waals surface area (Å²) in [7, 11) is 0. The third-order valence-corrected chi connectivity index (χ3v) is 3.63. The zero-order valence-electron chi connectivity index (χ0n) is 12.4. The fraction of sp³-hybridized carbons (Fsp3) is 0.625. The molecule has 0 spiro atoms. The van der Waals surface area contributed by atoms with Crippen molar-refractivity contribution < 1.29 is 5.11 Å². The standard InChI is InChI=1S/C16H27NO/c1-11(2)16(6-7-18)17-10-15-13(4)8-12(3)9-14(15)5/h8-9,11,16-18H,6-7,10H2,1-5H3. The molecule has 1 rings (SSSR count). The van der Waals surface area contributed by atoms with Gasteiger partial charge in [-0.25, -0.2) is 0 Å². The molecule has 0 amide bonds. The Hall–Kier alpha value is -0.860. The minimum absolute atomic E-state index is 0.252. The molecule has 0 aliphatic rings. The summed E-state index contributed by atoms with van der Waals surface area (Å²) in [4.78, 5) is 0. The second kappa shape index (κ2) is 6.91. The lowest BCUT2D eigenvalue weighted by Crippen LogP contribution is -2.34. The molecular weight excluding hydrogens is 222 g/mol. The number of aryl methyl sites for hydroxylation is 3. The molecule has 0 bridgehead atoms. The number of hydrogen-bond acceptors (Lipinski definition) is 2. The van der Waals surface area contributed by atoms with Gasteiger partial charge in [0.05, 0.1) is 0 Å². The molecule has 18 heavy (non-hydrogen) atoms. The Bertz CT molecular complexity index is 362. The van der Waals surface area contributed by atoms with E-state index in [1.54, 1.807) is 0 Å². The Morgan fingerprint density at radius 1 is 1.11 bits per heavy atom. The van der Waals surface area contributed by atoms with Crippen molar-refractivity contribution in [1.29, 1.82) is 0 Å². The Balaban J connectivity index is 2.73. The number of rotatable bonds is 6. The molecule has 1 aromatic carbocycles. The van der Waals surface area contributed by atoms with Crippen LogP contribution in [0.25, 0.3) is 0 Å². The molecule has 102 valence electrons. The molecule has 2 N–H and O–H groups in total. The van der Waals surface area contributed by atoms with Crippen molar-refractivity contribution in [3.05, 3.63) is 34.4 Å². The van der Waals surface area contributed by atoms with E-state index in [0.29, 0.717) is 12.0 Å². The zero-order valence-corrected chi connectivity index (χ0v) is 12.4. The Kier molecular flexibility index (Phi) is 5.83. The fourth-order valence-corrected chi connectivity index (χ4v) is 2.53. The van der Waals surface area contributed by atoms with Gasteiger partial charge in [-0.05, 0) is 49.8 Å². The summed E-state index contributed by atoms with van der Waals surface area (Å²) in [5, 5.41) is 12.7. The Morgan fingerprint density at radius 3 is 2.11 bits per heavy atom. The van der Waals surface area contributed by atoms with Gasteiger partial charge in [0.15, 0.2) is 0 Å². The van der Waals surface area contributed by atoms with Gasteiger partial charge in [-0.1, -0.05) is 31.5 Å². The van der Waals surface area contributed by atoms with Crippen LogP contribution >= 0.6 is 0 Å². The minimum Gasteiger partial charge on any atom is -0.396 e. The third-order valence-electron chi connectivity index (χ3n) is 3.63. The zero-order chi connectivity index (χ0) is 13.7. The molecule has 0 aliphatic heterocycles. The van der Waals surface area contributed by atoms with Crippen LogP contribution in [-0.2, 0) is 6.54 Å². The van der Waals surface area contributed by atoms with Gasteiger partial charge < -0.3 is 10.4 Å². The first-order valence-electron chi connectivity index (χ1n) is 6.86. The maximum Gasteiger partial charge on any atom is 0.0445 e. The number of hydrogen-bond donors (Lipinski definition) is 2. The number of aliphatic hydroxyl groups excluding tert-OH is 1. The highest BCUT2D eigenvalue weighted by atomic mass is 16.3. The van der Waals surface area contributed by atoms with E-state index in [1.165, 1.54) is 22.3 Å². The lowest BCUT2D eigenvalue weighted by atomic mass is 9.97. The van der Waals surface area contributed by atoms with E-state index >= 15 is 0 Å². The van der Waals surface area contributed by atoms with Crippen LogP contribution in [-0.4, -0.2) is 17.8 Å². The van der Waals surface area contributed by atoms with E-state index in [1.807, 2.05) is 0 Å². The van der Waals surface area contributed by atoms with Crippen LogP contribution in [0, 0.1) is 26.7 Å². The van der Waals surface area contributed by atoms with Crippen LogP contribution in [0.3, 0.4) is 0 Å². The van der Waals surface area contributed by atoms with Gasteiger partial charge in [0.2, 0.25) is 0 Å². The van der Waals surface area contributed by atoms with Crippen molar-refractivity contribution in [2.24, 2.45) is 5.92 Å². The van der Waals surface area contributed by atoms with Crippen LogP contribution in [0.4, 0.5) is 0 Å². The van der Waals surface area contributed by atoms with Gasteiger partial charge >= 0.3 is 0 Å². The van der Waals surface area contributed by atoms with E-state index in [9.17, 15) is 0 Å². The molecule has 2 heteroatoms. The van der Waals surface area contributed by atoms with Gasteiger partial charge in [0.25, 0.3) is 0 Å². The Labute approximate surface area is 111 Å². The summed E-state index contributed by atoms with van der Waals surface area (Å²) in [5.74, 6) is 0.545. The predicted octanol–water partition coefficient (Wildman–Crippen LogP) is 3.11. The average molecular weight is 249 g/mol. The fourth-order valence-electron chi connectivity index (χ4n) is 2.53. The monoisotopic (exact) mass is 249 g/mol. The highest BCUT2D eigenvalue weighted by molar-refractivity contribution is 5.37. The second-order valence-electron chi connectivity index (χ2n) is 5.62. The molecule has 0 aromatic heterocycles. The van der Waals surface area contributed by atoms with Crippen LogP contribution < -0.4 is 5.32 Å². The van der Waals surface area contributed by atoms with Crippen molar-refractivity contribution in [3.63, 3.8) is 0 Å². The van der Waals surface area contributed by atoms with E-state index < -0.39 is 0 Å². The van der Waals surface area contributed by atoms with Crippen molar-refractivity contribution in [1.82, 2.24) is 5.32 Å². The summed E-state index contributed by atoms with van der Waals surface area (Å²) in [6.07, 6.45) is 0.821. The maximum absolute atomic E-state index is 9.09. The molecule has 1 unspecified atom stereocenters. The molecule has 1 aromatic rings. The molecular formula is C16H27NO. The lowest BCUT2D eigenvalue weighted by Gasteiger charge is -2.23. The minimum atomic E-state index is 0.252. The topological polar surface area (TPSA) is 32.3 Å².